The highest BCUT2D eigenvalue weighted by atomic mass is 16.6. The molecule has 0 unspecified atom stereocenters. The van der Waals surface area contributed by atoms with Gasteiger partial charge in [-0.15, -0.1) is 0 Å². The minimum absolute atomic E-state index is 0.0168. The van der Waals surface area contributed by atoms with Crippen LogP contribution in [0.25, 0.3) is 11.0 Å². The maximum atomic E-state index is 12.7. The van der Waals surface area contributed by atoms with Crippen molar-refractivity contribution in [2.45, 2.75) is 45.6 Å². The topological polar surface area (TPSA) is 66.2 Å². The molecule has 0 bridgehead atoms. The number of ether oxygens (including phenoxy) is 2. The minimum atomic E-state index is -0.413. The third-order valence-corrected chi connectivity index (χ3v) is 5.32. The molecule has 3 aromatic rings. The van der Waals surface area contributed by atoms with Crippen LogP contribution >= 0.6 is 0 Å². The average molecular weight is 365 g/mol. The lowest BCUT2D eigenvalue weighted by molar-refractivity contribution is -0.0467. The Kier molecular flexibility index (Phi) is 4.66. The third kappa shape index (κ3) is 3.10. The van der Waals surface area contributed by atoms with E-state index in [4.69, 9.17) is 9.47 Å². The number of aryl methyl sites for hydroxylation is 1. The molecule has 27 heavy (non-hydrogen) atoms. The number of esters is 1. The van der Waals surface area contributed by atoms with Crippen LogP contribution in [0.1, 0.15) is 42.4 Å². The third-order valence-electron chi connectivity index (χ3n) is 5.32. The molecule has 3 heterocycles. The van der Waals surface area contributed by atoms with E-state index in [1.54, 1.807) is 18.3 Å². The lowest BCUT2D eigenvalue weighted by Crippen LogP contribution is -2.30. The predicted octanol–water partition coefficient (Wildman–Crippen LogP) is 3.91. The average Bonchev–Trinajstić information content (AvgIpc) is 3.20. The standard InChI is InChI=1S/C21H23N3O3/c1-4-17-14(3)18(27-21(25)15-8-6-5-7-9-15)20(26-17)24-11-13(2)16-10-22-12-23-19(16)24/h5-12,14,17-18,20H,4H2,1-3H3/t14-,17-,18-,20-/m1/s1. The predicted molar refractivity (Wildman–Crippen MR) is 101 cm³/mol. The molecule has 0 radical (unpaired) electrons. The summed E-state index contributed by atoms with van der Waals surface area (Å²) >= 11 is 0. The lowest BCUT2D eigenvalue weighted by Gasteiger charge is -2.23. The zero-order valence-electron chi connectivity index (χ0n) is 15.7. The summed E-state index contributed by atoms with van der Waals surface area (Å²) in [5, 5.41) is 0.974. The Morgan fingerprint density at radius 3 is 2.81 bits per heavy atom. The van der Waals surface area contributed by atoms with Crippen LogP contribution in [-0.4, -0.2) is 32.7 Å². The molecule has 1 fully saturated rings. The van der Waals surface area contributed by atoms with Crippen molar-refractivity contribution in [3.8, 4) is 0 Å². The van der Waals surface area contributed by atoms with Crippen LogP contribution in [0.5, 0.6) is 0 Å². The van der Waals surface area contributed by atoms with E-state index in [1.165, 1.54) is 6.33 Å². The van der Waals surface area contributed by atoms with Gasteiger partial charge in [0.1, 0.15) is 12.0 Å². The molecule has 6 nitrogen and oxygen atoms in total. The fourth-order valence-electron chi connectivity index (χ4n) is 3.82. The Bertz CT molecular complexity index is 954. The molecule has 4 rings (SSSR count). The molecule has 4 atom stereocenters. The maximum absolute atomic E-state index is 12.7. The minimum Gasteiger partial charge on any atom is -0.454 e. The Hall–Kier alpha value is -2.73. The quantitative estimate of drug-likeness (QED) is 0.656. The first-order valence-corrected chi connectivity index (χ1v) is 9.28. The van der Waals surface area contributed by atoms with Crippen LogP contribution in [0.2, 0.25) is 0 Å². The second-order valence-electron chi connectivity index (χ2n) is 7.05. The SMILES string of the molecule is CC[C@H]1O[C@@H](n2cc(C)c3cncnc32)[C@H](OC(=O)c2ccccc2)[C@@H]1C. The second kappa shape index (κ2) is 7.12. The molecule has 0 amide bonds. The van der Waals surface area contributed by atoms with Crippen LogP contribution in [0, 0.1) is 12.8 Å². The van der Waals surface area contributed by atoms with Crippen molar-refractivity contribution >= 4 is 17.0 Å². The van der Waals surface area contributed by atoms with Gasteiger partial charge in [0, 0.05) is 23.7 Å². The van der Waals surface area contributed by atoms with E-state index in [9.17, 15) is 4.79 Å². The molecule has 1 saturated heterocycles. The van der Waals surface area contributed by atoms with Gasteiger partial charge >= 0.3 is 5.97 Å². The van der Waals surface area contributed by atoms with Gasteiger partial charge in [0.25, 0.3) is 0 Å². The monoisotopic (exact) mass is 365 g/mol. The van der Waals surface area contributed by atoms with E-state index >= 15 is 0 Å². The van der Waals surface area contributed by atoms with E-state index < -0.39 is 12.3 Å². The first-order chi connectivity index (χ1) is 13.1. The van der Waals surface area contributed by atoms with Crippen LogP contribution in [0.3, 0.4) is 0 Å². The molecule has 1 aliphatic heterocycles. The number of fused-ring (bicyclic) bond motifs is 1. The molecule has 140 valence electrons. The Morgan fingerprint density at radius 2 is 2.07 bits per heavy atom. The molecule has 0 spiro atoms. The van der Waals surface area contributed by atoms with Gasteiger partial charge in [-0.25, -0.2) is 14.8 Å². The van der Waals surface area contributed by atoms with Gasteiger partial charge < -0.3 is 14.0 Å². The molecule has 0 N–H and O–H groups in total. The highest BCUT2D eigenvalue weighted by Gasteiger charge is 2.45. The van der Waals surface area contributed by atoms with E-state index in [1.807, 2.05) is 35.9 Å². The molecular weight excluding hydrogens is 342 g/mol. The molecular formula is C21H23N3O3. The summed E-state index contributed by atoms with van der Waals surface area (Å²) in [7, 11) is 0. The molecule has 0 saturated carbocycles. The summed E-state index contributed by atoms with van der Waals surface area (Å²) < 4.78 is 14.2. The normalized spacial score (nSPS) is 25.0. The van der Waals surface area contributed by atoms with E-state index in [0.717, 1.165) is 23.0 Å². The summed E-state index contributed by atoms with van der Waals surface area (Å²) in [6.07, 6.45) is 5.38. The Balaban J connectivity index is 1.70. The highest BCUT2D eigenvalue weighted by molar-refractivity contribution is 5.89. The highest BCUT2D eigenvalue weighted by Crippen LogP contribution is 2.39. The van der Waals surface area contributed by atoms with Crippen molar-refractivity contribution in [1.82, 2.24) is 14.5 Å². The molecule has 2 aromatic heterocycles. The number of aromatic nitrogens is 3. The molecule has 6 heteroatoms. The largest absolute Gasteiger partial charge is 0.454 e. The van der Waals surface area contributed by atoms with Crippen molar-refractivity contribution in [3.63, 3.8) is 0 Å². The first kappa shape index (κ1) is 17.7. The zero-order valence-corrected chi connectivity index (χ0v) is 15.7. The summed E-state index contributed by atoms with van der Waals surface area (Å²) in [5.74, 6) is -0.257. The van der Waals surface area contributed by atoms with Crippen molar-refractivity contribution in [2.24, 2.45) is 5.92 Å². The van der Waals surface area contributed by atoms with Crippen molar-refractivity contribution in [2.75, 3.05) is 0 Å². The van der Waals surface area contributed by atoms with Gasteiger partial charge in [0.15, 0.2) is 12.3 Å². The number of hydrogen-bond donors (Lipinski definition) is 0. The fourth-order valence-corrected chi connectivity index (χ4v) is 3.82. The number of rotatable bonds is 4. The summed E-state index contributed by atoms with van der Waals surface area (Å²) in [6, 6.07) is 9.06. The molecule has 1 aromatic carbocycles. The van der Waals surface area contributed by atoms with Crippen LogP contribution in [0.15, 0.2) is 49.1 Å². The molecule has 1 aliphatic rings. The summed E-state index contributed by atoms with van der Waals surface area (Å²) in [5.41, 5.74) is 2.39. The first-order valence-electron chi connectivity index (χ1n) is 9.28. The number of carbonyl (C=O) groups excluding carboxylic acids is 1. The van der Waals surface area contributed by atoms with E-state index in [-0.39, 0.29) is 18.0 Å². The van der Waals surface area contributed by atoms with E-state index in [2.05, 4.69) is 23.8 Å². The van der Waals surface area contributed by atoms with Gasteiger partial charge in [-0.1, -0.05) is 32.0 Å². The zero-order chi connectivity index (χ0) is 19.0. The van der Waals surface area contributed by atoms with Crippen molar-refractivity contribution in [3.05, 3.63) is 60.2 Å². The van der Waals surface area contributed by atoms with Crippen LogP contribution in [0.4, 0.5) is 0 Å². The number of nitrogens with zero attached hydrogens (tertiary/aromatic N) is 3. The van der Waals surface area contributed by atoms with Crippen molar-refractivity contribution < 1.29 is 14.3 Å². The van der Waals surface area contributed by atoms with Gasteiger partial charge in [-0.2, -0.15) is 0 Å². The summed E-state index contributed by atoms with van der Waals surface area (Å²) in [6.45, 7) is 6.17. The smallest absolute Gasteiger partial charge is 0.338 e. The second-order valence-corrected chi connectivity index (χ2v) is 7.05. The van der Waals surface area contributed by atoms with Gasteiger partial charge in [0.2, 0.25) is 0 Å². The van der Waals surface area contributed by atoms with Crippen molar-refractivity contribution in [1.29, 1.82) is 0 Å². The van der Waals surface area contributed by atoms with Crippen LogP contribution in [-0.2, 0) is 9.47 Å². The maximum Gasteiger partial charge on any atom is 0.338 e. The van der Waals surface area contributed by atoms with Gasteiger partial charge in [0.05, 0.1) is 11.7 Å². The number of hydrogen-bond acceptors (Lipinski definition) is 5. The Morgan fingerprint density at radius 1 is 1.30 bits per heavy atom. The fraction of sp³-hybridized carbons (Fsp3) is 0.381. The van der Waals surface area contributed by atoms with Gasteiger partial charge in [-0.05, 0) is 31.0 Å². The van der Waals surface area contributed by atoms with Gasteiger partial charge in [-0.3, -0.25) is 0 Å². The van der Waals surface area contributed by atoms with Crippen LogP contribution < -0.4 is 0 Å². The lowest BCUT2D eigenvalue weighted by atomic mass is 9.98. The number of carbonyl (C=O) groups is 1. The number of benzene rings is 1. The molecule has 0 aliphatic carbocycles. The van der Waals surface area contributed by atoms with E-state index in [0.29, 0.717) is 5.56 Å². The summed E-state index contributed by atoms with van der Waals surface area (Å²) in [4.78, 5) is 21.2. The Labute approximate surface area is 158 Å².